The van der Waals surface area contributed by atoms with Gasteiger partial charge in [-0.15, -0.1) is 11.6 Å². The number of hydrogen-bond donors (Lipinski definition) is 0. The summed E-state index contributed by atoms with van der Waals surface area (Å²) in [5.41, 5.74) is 0.0132. The Labute approximate surface area is 110 Å². The largest absolute Gasteiger partial charge is 0.416 e. The first-order valence-electron chi connectivity index (χ1n) is 4.68. The zero-order valence-corrected chi connectivity index (χ0v) is 11.2. The molecule has 1 rings (SSSR count). The molecule has 94 valence electrons. The van der Waals surface area contributed by atoms with Crippen molar-refractivity contribution in [2.24, 2.45) is 0 Å². The zero-order chi connectivity index (χ0) is 13.2. The number of carbonyl (C=O) groups excluding carboxylic acids is 1. The fraction of sp³-hybridized carbons (Fsp3) is 0.364. The number of Topliss-reactive ketones (excluding diaryl/α,β-unsaturated/α-hetero) is 1. The Morgan fingerprint density at radius 3 is 2.47 bits per heavy atom. The monoisotopic (exact) mass is 328 g/mol. The Morgan fingerprint density at radius 1 is 1.47 bits per heavy atom. The third kappa shape index (κ3) is 3.45. The van der Waals surface area contributed by atoms with E-state index in [1.54, 1.807) is 0 Å². The van der Waals surface area contributed by atoms with Gasteiger partial charge in [0, 0.05) is 5.88 Å². The highest BCUT2D eigenvalue weighted by atomic mass is 79.9. The topological polar surface area (TPSA) is 17.1 Å². The minimum absolute atomic E-state index is 0.0748. The first kappa shape index (κ1) is 14.5. The number of ketones is 1. The van der Waals surface area contributed by atoms with Gasteiger partial charge in [-0.3, -0.25) is 4.79 Å². The van der Waals surface area contributed by atoms with Gasteiger partial charge < -0.3 is 0 Å². The standard InChI is InChI=1S/C11H9BrClF3O/c1-6(17)10(12)9-3-2-8(11(14,15)16)4-7(9)5-13/h2-4,10H,5H2,1H3. The van der Waals surface area contributed by atoms with Crippen LogP contribution in [0.3, 0.4) is 0 Å². The van der Waals surface area contributed by atoms with E-state index in [1.165, 1.54) is 13.0 Å². The van der Waals surface area contributed by atoms with Crippen molar-refractivity contribution in [1.82, 2.24) is 0 Å². The summed E-state index contributed by atoms with van der Waals surface area (Å²) in [7, 11) is 0. The highest BCUT2D eigenvalue weighted by Gasteiger charge is 2.31. The molecule has 1 aromatic rings. The van der Waals surface area contributed by atoms with Gasteiger partial charge in [0.1, 0.15) is 5.78 Å². The second-order valence-corrected chi connectivity index (χ2v) is 4.70. The molecule has 0 aliphatic rings. The molecular formula is C11H9BrClF3O. The number of rotatable bonds is 3. The number of alkyl halides is 5. The minimum Gasteiger partial charge on any atom is -0.298 e. The van der Waals surface area contributed by atoms with E-state index in [9.17, 15) is 18.0 Å². The van der Waals surface area contributed by atoms with Gasteiger partial charge in [-0.25, -0.2) is 0 Å². The third-order valence-corrected chi connectivity index (χ3v) is 3.67. The van der Waals surface area contributed by atoms with Crippen molar-refractivity contribution in [2.45, 2.75) is 23.8 Å². The maximum absolute atomic E-state index is 12.5. The van der Waals surface area contributed by atoms with Gasteiger partial charge in [-0.05, 0) is 30.2 Å². The molecule has 0 amide bonds. The number of hydrogen-bond acceptors (Lipinski definition) is 1. The van der Waals surface area contributed by atoms with Gasteiger partial charge in [-0.2, -0.15) is 13.2 Å². The fourth-order valence-corrected chi connectivity index (χ4v) is 2.04. The van der Waals surface area contributed by atoms with Gasteiger partial charge in [0.15, 0.2) is 0 Å². The first-order chi connectivity index (χ1) is 7.77. The molecule has 0 fully saturated rings. The van der Waals surface area contributed by atoms with Gasteiger partial charge in [-0.1, -0.05) is 22.0 Å². The molecule has 0 spiro atoms. The van der Waals surface area contributed by atoms with E-state index < -0.39 is 16.6 Å². The quantitative estimate of drug-likeness (QED) is 0.748. The molecule has 1 unspecified atom stereocenters. The fourth-order valence-electron chi connectivity index (χ4n) is 1.36. The highest BCUT2D eigenvalue weighted by molar-refractivity contribution is 9.09. The predicted octanol–water partition coefficient (Wildman–Crippen LogP) is 4.47. The molecule has 0 saturated carbocycles. The lowest BCUT2D eigenvalue weighted by Crippen LogP contribution is -2.09. The van der Waals surface area contributed by atoms with E-state index in [2.05, 4.69) is 15.9 Å². The Morgan fingerprint density at radius 2 is 2.06 bits per heavy atom. The van der Waals surface area contributed by atoms with Crippen LogP contribution in [0.1, 0.15) is 28.4 Å². The molecule has 1 aromatic carbocycles. The van der Waals surface area contributed by atoms with Crippen molar-refractivity contribution in [1.29, 1.82) is 0 Å². The SMILES string of the molecule is CC(=O)C(Br)c1ccc(C(F)(F)F)cc1CCl. The lowest BCUT2D eigenvalue weighted by atomic mass is 10.0. The Kier molecular flexibility index (Phi) is 4.61. The summed E-state index contributed by atoms with van der Waals surface area (Å²) < 4.78 is 37.4. The van der Waals surface area contributed by atoms with Gasteiger partial charge >= 0.3 is 6.18 Å². The van der Waals surface area contributed by atoms with Crippen LogP contribution in [-0.4, -0.2) is 5.78 Å². The Bertz CT molecular complexity index is 431. The molecule has 1 nitrogen and oxygen atoms in total. The van der Waals surface area contributed by atoms with Crippen molar-refractivity contribution >= 4 is 33.3 Å². The van der Waals surface area contributed by atoms with Crippen LogP contribution in [0, 0.1) is 0 Å². The van der Waals surface area contributed by atoms with Crippen LogP contribution in [0.4, 0.5) is 13.2 Å². The van der Waals surface area contributed by atoms with Crippen LogP contribution < -0.4 is 0 Å². The summed E-state index contributed by atoms with van der Waals surface area (Å²) in [6.07, 6.45) is -4.41. The molecule has 0 N–H and O–H groups in total. The van der Waals surface area contributed by atoms with Gasteiger partial charge in [0.25, 0.3) is 0 Å². The molecule has 0 aliphatic heterocycles. The summed E-state index contributed by atoms with van der Waals surface area (Å²) in [5, 5.41) is 0. The van der Waals surface area contributed by atoms with Crippen molar-refractivity contribution in [3.05, 3.63) is 34.9 Å². The number of halogens is 5. The third-order valence-electron chi connectivity index (χ3n) is 2.24. The Hall–Kier alpha value is -0.550. The minimum atomic E-state index is -4.41. The van der Waals surface area contributed by atoms with Crippen LogP contribution in [0.25, 0.3) is 0 Å². The summed E-state index contributed by atoms with van der Waals surface area (Å²) >= 11 is 8.73. The summed E-state index contributed by atoms with van der Waals surface area (Å²) in [6, 6.07) is 3.20. The normalized spacial score (nSPS) is 13.5. The van der Waals surface area contributed by atoms with Crippen LogP contribution >= 0.6 is 27.5 Å². The van der Waals surface area contributed by atoms with E-state index in [-0.39, 0.29) is 11.7 Å². The van der Waals surface area contributed by atoms with Crippen LogP contribution in [0.2, 0.25) is 0 Å². The maximum atomic E-state index is 12.5. The molecule has 0 bridgehead atoms. The van der Waals surface area contributed by atoms with Crippen LogP contribution in [-0.2, 0) is 16.9 Å². The average Bonchev–Trinajstić information content (AvgIpc) is 2.25. The number of carbonyl (C=O) groups is 1. The van der Waals surface area contributed by atoms with Crippen LogP contribution in [0.15, 0.2) is 18.2 Å². The van der Waals surface area contributed by atoms with Crippen molar-refractivity contribution < 1.29 is 18.0 Å². The molecule has 6 heteroatoms. The van der Waals surface area contributed by atoms with Crippen molar-refractivity contribution in [2.75, 3.05) is 0 Å². The molecule has 0 radical (unpaired) electrons. The van der Waals surface area contributed by atoms with E-state index in [0.717, 1.165) is 12.1 Å². The smallest absolute Gasteiger partial charge is 0.298 e. The zero-order valence-electron chi connectivity index (χ0n) is 8.81. The van der Waals surface area contributed by atoms with E-state index in [0.29, 0.717) is 11.1 Å². The highest BCUT2D eigenvalue weighted by Crippen LogP contribution is 2.34. The Balaban J connectivity index is 3.23. The lowest BCUT2D eigenvalue weighted by Gasteiger charge is -2.14. The van der Waals surface area contributed by atoms with Crippen LogP contribution in [0.5, 0.6) is 0 Å². The summed E-state index contributed by atoms with van der Waals surface area (Å²) in [5.74, 6) is -0.259. The molecule has 0 heterocycles. The summed E-state index contributed by atoms with van der Waals surface area (Å²) in [4.78, 5) is 10.6. The lowest BCUT2D eigenvalue weighted by molar-refractivity contribution is -0.137. The average molecular weight is 330 g/mol. The van der Waals surface area contributed by atoms with Gasteiger partial charge in [0.05, 0.1) is 10.4 Å². The van der Waals surface area contributed by atoms with Crippen molar-refractivity contribution in [3.63, 3.8) is 0 Å². The molecule has 0 aliphatic carbocycles. The molecule has 1 atom stereocenters. The van der Waals surface area contributed by atoms with E-state index in [1.807, 2.05) is 0 Å². The van der Waals surface area contributed by atoms with E-state index in [4.69, 9.17) is 11.6 Å². The second-order valence-electron chi connectivity index (χ2n) is 3.52. The molecule has 17 heavy (non-hydrogen) atoms. The predicted molar refractivity (Wildman–Crippen MR) is 63.4 cm³/mol. The summed E-state index contributed by atoms with van der Waals surface area (Å²) in [6.45, 7) is 1.36. The van der Waals surface area contributed by atoms with Gasteiger partial charge in [0.2, 0.25) is 0 Å². The second kappa shape index (κ2) is 5.40. The van der Waals surface area contributed by atoms with Crippen molar-refractivity contribution in [3.8, 4) is 0 Å². The maximum Gasteiger partial charge on any atom is 0.416 e. The molecular weight excluding hydrogens is 320 g/mol. The number of benzene rings is 1. The molecule has 0 aromatic heterocycles. The molecule has 0 saturated heterocycles. The first-order valence-corrected chi connectivity index (χ1v) is 6.13. The van der Waals surface area contributed by atoms with E-state index >= 15 is 0 Å².